The Morgan fingerprint density at radius 3 is 2.48 bits per heavy atom. The highest BCUT2D eigenvalue weighted by atomic mass is 16.7. The quantitative estimate of drug-likeness (QED) is 0.849. The molecule has 0 amide bonds. The minimum atomic E-state index is -0.0662. The minimum absolute atomic E-state index is 0.0662. The SMILES string of the molecule is C[C@H]1COC(Oc2ccc(CN3CCN(C)CC3)cc2)C1. The third-order valence-electron chi connectivity index (χ3n) is 4.35. The van der Waals surface area contributed by atoms with Gasteiger partial charge in [0.25, 0.3) is 0 Å². The summed E-state index contributed by atoms with van der Waals surface area (Å²) in [6.45, 7) is 8.68. The number of hydrogen-bond acceptors (Lipinski definition) is 4. The summed E-state index contributed by atoms with van der Waals surface area (Å²) in [6.07, 6.45) is 0.923. The Morgan fingerprint density at radius 1 is 1.14 bits per heavy atom. The van der Waals surface area contributed by atoms with Crippen LogP contribution in [-0.4, -0.2) is 55.9 Å². The average molecular weight is 290 g/mol. The van der Waals surface area contributed by atoms with E-state index in [4.69, 9.17) is 9.47 Å². The lowest BCUT2D eigenvalue weighted by molar-refractivity contribution is -0.0393. The van der Waals surface area contributed by atoms with Gasteiger partial charge in [-0.2, -0.15) is 0 Å². The summed E-state index contributed by atoms with van der Waals surface area (Å²) in [4.78, 5) is 4.90. The molecule has 0 aliphatic carbocycles. The molecule has 1 aromatic rings. The molecular weight excluding hydrogens is 264 g/mol. The van der Waals surface area contributed by atoms with Crippen molar-refractivity contribution in [3.8, 4) is 5.75 Å². The molecule has 116 valence electrons. The molecule has 2 heterocycles. The maximum atomic E-state index is 5.86. The first-order valence-electron chi connectivity index (χ1n) is 7.97. The first kappa shape index (κ1) is 14.8. The number of likely N-dealkylation sites (N-methyl/N-ethyl adjacent to an activating group) is 1. The monoisotopic (exact) mass is 290 g/mol. The molecular formula is C17H26N2O2. The van der Waals surface area contributed by atoms with Crippen LogP contribution in [-0.2, 0) is 11.3 Å². The van der Waals surface area contributed by atoms with Crippen molar-refractivity contribution < 1.29 is 9.47 Å². The highest BCUT2D eigenvalue weighted by molar-refractivity contribution is 5.27. The van der Waals surface area contributed by atoms with Gasteiger partial charge in [0, 0.05) is 39.1 Å². The lowest BCUT2D eigenvalue weighted by Crippen LogP contribution is -2.43. The molecule has 2 fully saturated rings. The molecule has 2 aliphatic heterocycles. The molecule has 1 unspecified atom stereocenters. The molecule has 0 radical (unpaired) electrons. The summed E-state index contributed by atoms with van der Waals surface area (Å²) in [7, 11) is 2.19. The molecule has 3 rings (SSSR count). The Morgan fingerprint density at radius 2 is 1.86 bits per heavy atom. The van der Waals surface area contributed by atoms with Crippen LogP contribution in [0, 0.1) is 5.92 Å². The lowest BCUT2D eigenvalue weighted by atomic mass is 10.1. The third kappa shape index (κ3) is 4.19. The zero-order valence-electron chi connectivity index (χ0n) is 13.1. The molecule has 0 spiro atoms. The highest BCUT2D eigenvalue weighted by Gasteiger charge is 2.23. The fourth-order valence-corrected chi connectivity index (χ4v) is 2.91. The molecule has 1 aromatic carbocycles. The van der Waals surface area contributed by atoms with Gasteiger partial charge in [-0.15, -0.1) is 0 Å². The minimum Gasteiger partial charge on any atom is -0.465 e. The number of benzene rings is 1. The number of ether oxygens (including phenoxy) is 2. The van der Waals surface area contributed by atoms with E-state index in [9.17, 15) is 0 Å². The van der Waals surface area contributed by atoms with E-state index in [0.717, 1.165) is 38.4 Å². The number of nitrogens with zero attached hydrogens (tertiary/aromatic N) is 2. The van der Waals surface area contributed by atoms with Crippen molar-refractivity contribution in [2.24, 2.45) is 5.92 Å². The second-order valence-electron chi connectivity index (χ2n) is 6.44. The van der Waals surface area contributed by atoms with E-state index in [1.54, 1.807) is 0 Å². The Balaban J connectivity index is 1.49. The van der Waals surface area contributed by atoms with Gasteiger partial charge in [-0.05, 0) is 30.7 Å². The molecule has 0 bridgehead atoms. The molecule has 21 heavy (non-hydrogen) atoms. The number of piperazine rings is 1. The first-order valence-corrected chi connectivity index (χ1v) is 7.97. The predicted molar refractivity (Wildman–Crippen MR) is 83.4 cm³/mol. The van der Waals surface area contributed by atoms with E-state index < -0.39 is 0 Å². The van der Waals surface area contributed by atoms with Crippen LogP contribution in [0.4, 0.5) is 0 Å². The van der Waals surface area contributed by atoms with Gasteiger partial charge in [0.2, 0.25) is 0 Å². The fraction of sp³-hybridized carbons (Fsp3) is 0.647. The summed E-state index contributed by atoms with van der Waals surface area (Å²) in [6, 6.07) is 8.48. The Labute approximate surface area is 127 Å². The van der Waals surface area contributed by atoms with Crippen LogP contribution in [0.15, 0.2) is 24.3 Å². The normalized spacial score (nSPS) is 27.9. The maximum Gasteiger partial charge on any atom is 0.200 e. The summed E-state index contributed by atoms with van der Waals surface area (Å²) in [5.41, 5.74) is 1.35. The smallest absolute Gasteiger partial charge is 0.200 e. The average Bonchev–Trinajstić information content (AvgIpc) is 2.89. The lowest BCUT2D eigenvalue weighted by Gasteiger charge is -2.32. The van der Waals surface area contributed by atoms with Crippen LogP contribution >= 0.6 is 0 Å². The molecule has 2 saturated heterocycles. The van der Waals surface area contributed by atoms with Gasteiger partial charge in [-0.25, -0.2) is 0 Å². The second-order valence-corrected chi connectivity index (χ2v) is 6.44. The largest absolute Gasteiger partial charge is 0.465 e. The molecule has 0 N–H and O–H groups in total. The van der Waals surface area contributed by atoms with Crippen molar-refractivity contribution in [2.75, 3.05) is 39.8 Å². The standard InChI is InChI=1S/C17H26N2O2/c1-14-11-17(20-13-14)21-16-5-3-15(4-6-16)12-19-9-7-18(2)8-10-19/h3-6,14,17H,7-13H2,1-2H3/t14-,17?/m1/s1. The molecule has 2 atom stereocenters. The highest BCUT2D eigenvalue weighted by Crippen LogP contribution is 2.23. The fourth-order valence-electron chi connectivity index (χ4n) is 2.91. The van der Waals surface area contributed by atoms with Crippen molar-refractivity contribution in [3.63, 3.8) is 0 Å². The molecule has 0 aromatic heterocycles. The van der Waals surface area contributed by atoms with Crippen LogP contribution in [0.2, 0.25) is 0 Å². The van der Waals surface area contributed by atoms with Crippen molar-refractivity contribution in [1.29, 1.82) is 0 Å². The van der Waals surface area contributed by atoms with E-state index in [2.05, 4.69) is 48.0 Å². The van der Waals surface area contributed by atoms with E-state index in [1.807, 2.05) is 0 Å². The van der Waals surface area contributed by atoms with E-state index in [1.165, 1.54) is 18.7 Å². The Kier molecular flexibility index (Phi) is 4.78. The molecule has 0 saturated carbocycles. The predicted octanol–water partition coefficient (Wildman–Crippen LogP) is 2.20. The zero-order valence-corrected chi connectivity index (χ0v) is 13.1. The van der Waals surface area contributed by atoms with Crippen molar-refractivity contribution >= 4 is 0 Å². The molecule has 4 heteroatoms. The van der Waals surface area contributed by atoms with Crippen LogP contribution in [0.1, 0.15) is 18.9 Å². The van der Waals surface area contributed by atoms with Gasteiger partial charge < -0.3 is 14.4 Å². The molecule has 2 aliphatic rings. The van der Waals surface area contributed by atoms with Crippen LogP contribution in [0.25, 0.3) is 0 Å². The van der Waals surface area contributed by atoms with E-state index in [0.29, 0.717) is 5.92 Å². The van der Waals surface area contributed by atoms with Crippen molar-refractivity contribution in [3.05, 3.63) is 29.8 Å². The van der Waals surface area contributed by atoms with Gasteiger partial charge in [0.15, 0.2) is 6.29 Å². The summed E-state index contributed by atoms with van der Waals surface area (Å²) in [5.74, 6) is 1.52. The Hall–Kier alpha value is -1.10. The first-order chi connectivity index (χ1) is 10.2. The van der Waals surface area contributed by atoms with Gasteiger partial charge in [-0.1, -0.05) is 19.1 Å². The third-order valence-corrected chi connectivity index (χ3v) is 4.35. The van der Waals surface area contributed by atoms with Gasteiger partial charge >= 0.3 is 0 Å². The maximum absolute atomic E-state index is 5.86. The Bertz CT molecular complexity index is 441. The van der Waals surface area contributed by atoms with Gasteiger partial charge in [0.1, 0.15) is 5.75 Å². The van der Waals surface area contributed by atoms with E-state index in [-0.39, 0.29) is 6.29 Å². The van der Waals surface area contributed by atoms with Gasteiger partial charge in [-0.3, -0.25) is 4.90 Å². The van der Waals surface area contributed by atoms with Crippen LogP contribution in [0.3, 0.4) is 0 Å². The van der Waals surface area contributed by atoms with Crippen LogP contribution in [0.5, 0.6) is 5.75 Å². The summed E-state index contributed by atoms with van der Waals surface area (Å²) < 4.78 is 11.5. The van der Waals surface area contributed by atoms with Crippen LogP contribution < -0.4 is 4.74 Å². The zero-order chi connectivity index (χ0) is 14.7. The molecule has 4 nitrogen and oxygen atoms in total. The van der Waals surface area contributed by atoms with Crippen molar-refractivity contribution in [2.45, 2.75) is 26.2 Å². The topological polar surface area (TPSA) is 24.9 Å². The van der Waals surface area contributed by atoms with Crippen molar-refractivity contribution in [1.82, 2.24) is 9.80 Å². The number of rotatable bonds is 4. The van der Waals surface area contributed by atoms with E-state index >= 15 is 0 Å². The number of hydrogen-bond donors (Lipinski definition) is 0. The van der Waals surface area contributed by atoms with Gasteiger partial charge in [0.05, 0.1) is 6.61 Å². The summed E-state index contributed by atoms with van der Waals surface area (Å²) >= 11 is 0. The second kappa shape index (κ2) is 6.77. The summed E-state index contributed by atoms with van der Waals surface area (Å²) in [5, 5.41) is 0.